The Morgan fingerprint density at radius 1 is 1.19 bits per heavy atom. The first kappa shape index (κ1) is 18.3. The first-order valence-corrected chi connectivity index (χ1v) is 8.24. The summed E-state index contributed by atoms with van der Waals surface area (Å²) in [4.78, 5) is 2.31. The van der Waals surface area contributed by atoms with Crippen LogP contribution in [0, 0.1) is 5.92 Å². The molecular formula is C18H31ClN2. The van der Waals surface area contributed by atoms with E-state index >= 15 is 0 Å². The summed E-state index contributed by atoms with van der Waals surface area (Å²) in [6.07, 6.45) is 1.18. The molecule has 0 aliphatic rings. The molecule has 1 N–H and O–H groups in total. The van der Waals surface area contributed by atoms with E-state index in [1.807, 2.05) is 0 Å². The Labute approximate surface area is 135 Å². The molecule has 1 atom stereocenters. The average Bonchev–Trinajstić information content (AvgIpc) is 2.34. The molecule has 0 amide bonds. The van der Waals surface area contributed by atoms with Crippen molar-refractivity contribution in [1.82, 2.24) is 5.32 Å². The SMILES string of the molecule is CC(C)CC(C)N(C)c1ccc(CNC(C)(C)C)c(Cl)c1. The quantitative estimate of drug-likeness (QED) is 0.786. The van der Waals surface area contributed by atoms with Crippen molar-refractivity contribution in [3.05, 3.63) is 28.8 Å². The van der Waals surface area contributed by atoms with Crippen LogP contribution < -0.4 is 10.2 Å². The lowest BCUT2D eigenvalue weighted by Crippen LogP contribution is -2.35. The van der Waals surface area contributed by atoms with E-state index in [4.69, 9.17) is 11.6 Å². The van der Waals surface area contributed by atoms with Gasteiger partial charge in [-0.2, -0.15) is 0 Å². The van der Waals surface area contributed by atoms with Crippen LogP contribution in [-0.4, -0.2) is 18.6 Å². The van der Waals surface area contributed by atoms with E-state index in [0.717, 1.165) is 17.1 Å². The first-order valence-electron chi connectivity index (χ1n) is 7.86. The molecule has 0 fully saturated rings. The molecule has 3 heteroatoms. The van der Waals surface area contributed by atoms with Crippen molar-refractivity contribution in [1.29, 1.82) is 0 Å². The number of nitrogens with zero attached hydrogens (tertiary/aromatic N) is 1. The minimum atomic E-state index is 0.102. The molecule has 0 aromatic heterocycles. The zero-order valence-corrected chi connectivity index (χ0v) is 15.4. The van der Waals surface area contributed by atoms with Crippen LogP contribution in [0.4, 0.5) is 5.69 Å². The van der Waals surface area contributed by atoms with Crippen molar-refractivity contribution < 1.29 is 0 Å². The monoisotopic (exact) mass is 310 g/mol. The number of hydrogen-bond donors (Lipinski definition) is 1. The van der Waals surface area contributed by atoms with E-state index in [1.165, 1.54) is 12.1 Å². The molecule has 21 heavy (non-hydrogen) atoms. The molecule has 1 rings (SSSR count). The number of nitrogens with one attached hydrogen (secondary N) is 1. The molecule has 0 radical (unpaired) electrons. The molecule has 0 saturated heterocycles. The maximum atomic E-state index is 6.45. The van der Waals surface area contributed by atoms with Gasteiger partial charge in [0.05, 0.1) is 0 Å². The van der Waals surface area contributed by atoms with Crippen molar-refractivity contribution in [2.24, 2.45) is 5.92 Å². The second-order valence-corrected chi connectivity index (χ2v) is 7.88. The second-order valence-electron chi connectivity index (χ2n) is 7.47. The fourth-order valence-corrected chi connectivity index (χ4v) is 2.60. The van der Waals surface area contributed by atoms with E-state index in [2.05, 4.69) is 77.0 Å². The normalized spacial score (nSPS) is 13.6. The first-order chi connectivity index (χ1) is 9.60. The number of hydrogen-bond acceptors (Lipinski definition) is 2. The van der Waals surface area contributed by atoms with E-state index in [-0.39, 0.29) is 5.54 Å². The maximum absolute atomic E-state index is 6.45. The predicted octanol–water partition coefficient (Wildman–Crippen LogP) is 5.10. The third kappa shape index (κ3) is 6.27. The van der Waals surface area contributed by atoms with Crippen molar-refractivity contribution in [3.8, 4) is 0 Å². The molecule has 0 bridgehead atoms. The Bertz CT molecular complexity index is 449. The summed E-state index contributed by atoms with van der Waals surface area (Å²) in [5, 5.41) is 4.32. The smallest absolute Gasteiger partial charge is 0.0471 e. The van der Waals surface area contributed by atoms with Gasteiger partial charge in [0.15, 0.2) is 0 Å². The highest BCUT2D eigenvalue weighted by Crippen LogP contribution is 2.26. The zero-order valence-electron chi connectivity index (χ0n) is 14.6. The van der Waals surface area contributed by atoms with Gasteiger partial charge in [-0.05, 0) is 57.7 Å². The van der Waals surface area contributed by atoms with Gasteiger partial charge < -0.3 is 10.2 Å². The summed E-state index contributed by atoms with van der Waals surface area (Å²) in [5.41, 5.74) is 2.44. The molecule has 0 aliphatic heterocycles. The van der Waals surface area contributed by atoms with E-state index < -0.39 is 0 Å². The Kier molecular flexibility index (Phi) is 6.55. The lowest BCUT2D eigenvalue weighted by molar-refractivity contribution is 0.424. The topological polar surface area (TPSA) is 15.3 Å². The number of rotatable bonds is 6. The summed E-state index contributed by atoms with van der Waals surface area (Å²) < 4.78 is 0. The van der Waals surface area contributed by atoms with Gasteiger partial charge in [0.25, 0.3) is 0 Å². The lowest BCUT2D eigenvalue weighted by atomic mass is 10.0. The zero-order chi connectivity index (χ0) is 16.2. The standard InChI is InChI=1S/C18H31ClN2/c1-13(2)10-14(3)21(7)16-9-8-15(17(19)11-16)12-20-18(4,5)6/h8-9,11,13-14,20H,10,12H2,1-7H3. The fraction of sp³-hybridized carbons (Fsp3) is 0.667. The van der Waals surface area contributed by atoms with Crippen molar-refractivity contribution in [2.75, 3.05) is 11.9 Å². The maximum Gasteiger partial charge on any atom is 0.0471 e. The highest BCUT2D eigenvalue weighted by Gasteiger charge is 2.14. The van der Waals surface area contributed by atoms with Crippen LogP contribution in [0.1, 0.15) is 53.5 Å². The van der Waals surface area contributed by atoms with Crippen LogP contribution in [0.5, 0.6) is 0 Å². The van der Waals surface area contributed by atoms with Gasteiger partial charge in [0.2, 0.25) is 0 Å². The van der Waals surface area contributed by atoms with Gasteiger partial charge in [-0.15, -0.1) is 0 Å². The molecule has 1 aromatic rings. The van der Waals surface area contributed by atoms with Crippen LogP contribution in [-0.2, 0) is 6.54 Å². The lowest BCUT2D eigenvalue weighted by Gasteiger charge is -2.29. The molecule has 0 heterocycles. The van der Waals surface area contributed by atoms with E-state index in [1.54, 1.807) is 0 Å². The van der Waals surface area contributed by atoms with Crippen molar-refractivity contribution >= 4 is 17.3 Å². The number of halogens is 1. The Morgan fingerprint density at radius 2 is 1.81 bits per heavy atom. The molecule has 0 aliphatic carbocycles. The van der Waals surface area contributed by atoms with Gasteiger partial charge in [-0.3, -0.25) is 0 Å². The third-order valence-electron chi connectivity index (χ3n) is 3.73. The highest BCUT2D eigenvalue weighted by molar-refractivity contribution is 6.31. The van der Waals surface area contributed by atoms with Gasteiger partial charge in [-0.1, -0.05) is 31.5 Å². The largest absolute Gasteiger partial charge is 0.372 e. The molecule has 1 unspecified atom stereocenters. The van der Waals surface area contributed by atoms with Crippen LogP contribution in [0.15, 0.2) is 18.2 Å². The summed E-state index contributed by atoms with van der Waals surface area (Å²) in [5.74, 6) is 0.702. The molecule has 0 spiro atoms. The van der Waals surface area contributed by atoms with Crippen LogP contribution in [0.25, 0.3) is 0 Å². The van der Waals surface area contributed by atoms with Gasteiger partial charge in [0, 0.05) is 35.9 Å². The fourth-order valence-electron chi connectivity index (χ4n) is 2.35. The highest BCUT2D eigenvalue weighted by atomic mass is 35.5. The van der Waals surface area contributed by atoms with Crippen LogP contribution in [0.2, 0.25) is 5.02 Å². The van der Waals surface area contributed by atoms with Gasteiger partial charge in [0.1, 0.15) is 0 Å². The molecular weight excluding hydrogens is 280 g/mol. The van der Waals surface area contributed by atoms with Gasteiger partial charge >= 0.3 is 0 Å². The number of anilines is 1. The number of benzene rings is 1. The predicted molar refractivity (Wildman–Crippen MR) is 95.4 cm³/mol. The van der Waals surface area contributed by atoms with E-state index in [0.29, 0.717) is 12.0 Å². The summed E-state index contributed by atoms with van der Waals surface area (Å²) >= 11 is 6.45. The summed E-state index contributed by atoms with van der Waals surface area (Å²) in [6, 6.07) is 6.90. The van der Waals surface area contributed by atoms with Crippen molar-refractivity contribution in [2.45, 2.75) is 66.1 Å². The molecule has 2 nitrogen and oxygen atoms in total. The van der Waals surface area contributed by atoms with Gasteiger partial charge in [-0.25, -0.2) is 0 Å². The Hall–Kier alpha value is -0.730. The Balaban J connectivity index is 2.77. The van der Waals surface area contributed by atoms with E-state index in [9.17, 15) is 0 Å². The molecule has 0 saturated carbocycles. The van der Waals surface area contributed by atoms with Crippen LogP contribution >= 0.6 is 11.6 Å². The third-order valence-corrected chi connectivity index (χ3v) is 4.08. The molecule has 120 valence electrons. The van der Waals surface area contributed by atoms with Crippen molar-refractivity contribution in [3.63, 3.8) is 0 Å². The second kappa shape index (κ2) is 7.51. The summed E-state index contributed by atoms with van der Waals surface area (Å²) in [6.45, 7) is 14.1. The molecule has 1 aromatic carbocycles. The minimum absolute atomic E-state index is 0.102. The Morgan fingerprint density at radius 3 is 2.29 bits per heavy atom. The average molecular weight is 311 g/mol. The summed E-state index contributed by atoms with van der Waals surface area (Å²) in [7, 11) is 2.14. The minimum Gasteiger partial charge on any atom is -0.372 e. The van der Waals surface area contributed by atoms with Crippen LogP contribution in [0.3, 0.4) is 0 Å².